The first-order valence-electron chi connectivity index (χ1n) is 13.6. The third-order valence-electron chi connectivity index (χ3n) is 9.03. The van der Waals surface area contributed by atoms with E-state index in [9.17, 15) is 0 Å². The molecular weight excluding hydrogens is 530 g/mol. The van der Waals surface area contributed by atoms with Gasteiger partial charge in [0.25, 0.3) is 0 Å². The highest BCUT2D eigenvalue weighted by Crippen LogP contribution is 2.60. The molecule has 39 heavy (non-hydrogen) atoms. The topological polar surface area (TPSA) is 89.7 Å². The van der Waals surface area contributed by atoms with E-state index in [1.807, 2.05) is 24.3 Å². The van der Waals surface area contributed by atoms with Crippen molar-refractivity contribution in [1.82, 2.24) is 25.6 Å². The number of fused-ring (bicyclic) bond motifs is 1. The molecule has 1 N–H and O–H groups in total. The van der Waals surface area contributed by atoms with Crippen molar-refractivity contribution in [3.05, 3.63) is 76.6 Å². The number of ether oxygens (including phenoxy) is 1. The van der Waals surface area contributed by atoms with E-state index in [0.29, 0.717) is 24.3 Å². The van der Waals surface area contributed by atoms with Crippen molar-refractivity contribution in [1.29, 1.82) is 0 Å². The van der Waals surface area contributed by atoms with Crippen molar-refractivity contribution in [3.63, 3.8) is 0 Å². The number of aromatic nitrogens is 5. The number of tetrazole rings is 1. The van der Waals surface area contributed by atoms with Crippen molar-refractivity contribution in [2.75, 3.05) is 0 Å². The smallest absolute Gasteiger partial charge is 0.178 e. The van der Waals surface area contributed by atoms with Crippen LogP contribution in [0.4, 0.5) is 0 Å². The summed E-state index contributed by atoms with van der Waals surface area (Å²) in [5.41, 5.74) is 4.72. The van der Waals surface area contributed by atoms with Crippen LogP contribution in [-0.4, -0.2) is 25.6 Å². The number of rotatable bonds is 7. The van der Waals surface area contributed by atoms with Gasteiger partial charge in [0, 0.05) is 22.6 Å². The SMILES string of the molecule is Cl.c1ccc(Cc2nn[nH]n2)c(COc2ccc3oc(-c4nc(C56CC7CC(CC(C7)C5)C6)cs4)cc3c2)c1. The number of furan rings is 1. The summed E-state index contributed by atoms with van der Waals surface area (Å²) in [6.45, 7) is 0.463. The highest BCUT2D eigenvalue weighted by Gasteiger charge is 2.52. The van der Waals surface area contributed by atoms with Crippen molar-refractivity contribution in [2.24, 2.45) is 17.8 Å². The van der Waals surface area contributed by atoms with Gasteiger partial charge >= 0.3 is 0 Å². The Morgan fingerprint density at radius 2 is 1.74 bits per heavy atom. The van der Waals surface area contributed by atoms with E-state index < -0.39 is 0 Å². The van der Waals surface area contributed by atoms with E-state index in [2.05, 4.69) is 50.3 Å². The van der Waals surface area contributed by atoms with E-state index >= 15 is 0 Å². The van der Waals surface area contributed by atoms with Gasteiger partial charge in [0.1, 0.15) is 17.9 Å². The van der Waals surface area contributed by atoms with Crippen LogP contribution in [0.1, 0.15) is 61.2 Å². The number of H-pyrrole nitrogens is 1. The number of hydrogen-bond donors (Lipinski definition) is 1. The van der Waals surface area contributed by atoms with E-state index in [-0.39, 0.29) is 12.4 Å². The predicted molar refractivity (Wildman–Crippen MR) is 152 cm³/mol. The molecule has 4 saturated carbocycles. The van der Waals surface area contributed by atoms with Gasteiger partial charge in [0.2, 0.25) is 0 Å². The van der Waals surface area contributed by atoms with E-state index in [1.165, 1.54) is 44.2 Å². The largest absolute Gasteiger partial charge is 0.489 e. The molecule has 9 rings (SSSR count). The molecule has 4 aliphatic rings. The zero-order chi connectivity index (χ0) is 25.1. The van der Waals surface area contributed by atoms with Crippen molar-refractivity contribution >= 4 is 34.7 Å². The molecule has 0 amide bonds. The maximum atomic E-state index is 6.25. The Morgan fingerprint density at radius 3 is 2.49 bits per heavy atom. The first-order chi connectivity index (χ1) is 18.7. The number of hydrogen-bond acceptors (Lipinski definition) is 7. The Balaban J connectivity index is 0.00000253. The molecular formula is C30H30ClN5O2S. The third kappa shape index (κ3) is 4.53. The maximum Gasteiger partial charge on any atom is 0.178 e. The van der Waals surface area contributed by atoms with E-state index in [0.717, 1.165) is 56.4 Å². The summed E-state index contributed by atoms with van der Waals surface area (Å²) in [6, 6.07) is 16.3. The van der Waals surface area contributed by atoms with Crippen molar-refractivity contribution in [3.8, 4) is 16.5 Å². The molecule has 0 spiro atoms. The first kappa shape index (κ1) is 24.8. The van der Waals surface area contributed by atoms with Crippen LogP contribution in [0.15, 0.2) is 58.3 Å². The summed E-state index contributed by atoms with van der Waals surface area (Å²) in [5, 5.41) is 18.7. The summed E-state index contributed by atoms with van der Waals surface area (Å²) < 4.78 is 12.4. The predicted octanol–water partition coefficient (Wildman–Crippen LogP) is 7.13. The van der Waals surface area contributed by atoms with Crippen molar-refractivity contribution < 1.29 is 9.15 Å². The number of thiazole rings is 1. The summed E-state index contributed by atoms with van der Waals surface area (Å²) in [6.07, 6.45) is 8.97. The first-order valence-corrected chi connectivity index (χ1v) is 14.5. The Morgan fingerprint density at radius 1 is 0.974 bits per heavy atom. The highest BCUT2D eigenvalue weighted by molar-refractivity contribution is 7.13. The van der Waals surface area contributed by atoms with Gasteiger partial charge in [0.05, 0.1) is 5.69 Å². The molecule has 3 heterocycles. The van der Waals surface area contributed by atoms with Gasteiger partial charge < -0.3 is 9.15 Å². The number of nitrogens with zero attached hydrogens (tertiary/aromatic N) is 4. The summed E-state index contributed by atoms with van der Waals surface area (Å²) in [5.74, 6) is 5.08. The molecule has 0 radical (unpaired) electrons. The maximum absolute atomic E-state index is 6.25. The lowest BCUT2D eigenvalue weighted by atomic mass is 9.49. The quantitative estimate of drug-likeness (QED) is 0.228. The fraction of sp³-hybridized carbons (Fsp3) is 0.400. The Bertz CT molecular complexity index is 1580. The van der Waals surface area contributed by atoms with Gasteiger partial charge in [0.15, 0.2) is 16.6 Å². The average molecular weight is 560 g/mol. The number of benzene rings is 2. The molecule has 4 bridgehead atoms. The van der Waals surface area contributed by atoms with Crippen LogP contribution in [0.2, 0.25) is 0 Å². The fourth-order valence-electron chi connectivity index (χ4n) is 7.73. The molecule has 2 aromatic carbocycles. The molecule has 0 unspecified atom stereocenters. The molecule has 4 fully saturated rings. The van der Waals surface area contributed by atoms with Crippen LogP contribution in [0.3, 0.4) is 0 Å². The number of aromatic amines is 1. The second-order valence-electron chi connectivity index (χ2n) is 11.6. The Labute approximate surface area is 236 Å². The summed E-state index contributed by atoms with van der Waals surface area (Å²) in [7, 11) is 0. The number of nitrogens with one attached hydrogen (secondary N) is 1. The fourth-order valence-corrected chi connectivity index (χ4v) is 8.62. The standard InChI is InChI=1S/C30H29N5O2S.ClH/c1-2-4-22(21(3-1)12-28-32-34-35-33-28)16-36-24-5-6-25-23(10-24)11-26(37-25)29-31-27(17-38-29)30-13-18-7-19(14-30)9-20(8-18)15-30;/h1-6,10-11,17-20H,7-9,12-16H2,(H,32,33,34,35);1H. The minimum absolute atomic E-state index is 0. The molecule has 0 aliphatic heterocycles. The van der Waals surface area contributed by atoms with Gasteiger partial charge in [-0.1, -0.05) is 29.5 Å². The van der Waals surface area contributed by atoms with E-state index in [1.54, 1.807) is 11.3 Å². The van der Waals surface area contributed by atoms with Gasteiger partial charge in [-0.15, -0.1) is 33.9 Å². The van der Waals surface area contributed by atoms with Crippen LogP contribution in [0.5, 0.6) is 5.75 Å². The van der Waals surface area contributed by atoms with E-state index in [4.69, 9.17) is 14.1 Å². The zero-order valence-electron chi connectivity index (χ0n) is 21.5. The molecule has 0 saturated heterocycles. The third-order valence-corrected chi connectivity index (χ3v) is 9.89. The van der Waals surface area contributed by atoms with Crippen LogP contribution in [0, 0.1) is 17.8 Å². The Kier molecular flexibility index (Phi) is 6.20. The average Bonchev–Trinajstić information content (AvgIpc) is 3.68. The van der Waals surface area contributed by atoms with Crippen LogP contribution >= 0.6 is 23.7 Å². The number of halogens is 1. The van der Waals surface area contributed by atoms with Crippen LogP contribution < -0.4 is 4.74 Å². The highest BCUT2D eigenvalue weighted by atomic mass is 35.5. The second-order valence-corrected chi connectivity index (χ2v) is 12.5. The molecule has 3 aromatic heterocycles. The van der Waals surface area contributed by atoms with Crippen LogP contribution in [0.25, 0.3) is 21.7 Å². The molecule has 200 valence electrons. The molecule has 7 nitrogen and oxygen atoms in total. The lowest BCUT2D eigenvalue weighted by Crippen LogP contribution is -2.48. The van der Waals surface area contributed by atoms with Crippen LogP contribution in [-0.2, 0) is 18.4 Å². The van der Waals surface area contributed by atoms with Gasteiger partial charge in [-0.25, -0.2) is 4.98 Å². The molecule has 4 aliphatic carbocycles. The Hall–Kier alpha value is -3.23. The second kappa shape index (κ2) is 9.75. The minimum Gasteiger partial charge on any atom is -0.489 e. The molecule has 5 aromatic rings. The summed E-state index contributed by atoms with van der Waals surface area (Å²) in [4.78, 5) is 5.18. The minimum atomic E-state index is 0. The van der Waals surface area contributed by atoms with Gasteiger partial charge in [-0.05, 0) is 91.7 Å². The molecule has 9 heteroatoms. The van der Waals surface area contributed by atoms with Crippen molar-refractivity contribution in [2.45, 2.75) is 57.0 Å². The zero-order valence-corrected chi connectivity index (χ0v) is 23.1. The monoisotopic (exact) mass is 559 g/mol. The van der Waals surface area contributed by atoms with Gasteiger partial charge in [-0.3, -0.25) is 0 Å². The lowest BCUT2D eigenvalue weighted by molar-refractivity contribution is -0.00689. The normalized spacial score (nSPS) is 25.2. The lowest BCUT2D eigenvalue weighted by Gasteiger charge is -2.56. The molecule has 0 atom stereocenters. The van der Waals surface area contributed by atoms with Gasteiger partial charge in [-0.2, -0.15) is 5.21 Å². The summed E-state index contributed by atoms with van der Waals surface area (Å²) >= 11 is 1.73.